The van der Waals surface area contributed by atoms with Crippen LogP contribution in [0, 0.1) is 11.7 Å². The van der Waals surface area contributed by atoms with Gasteiger partial charge in [-0.05, 0) is 43.4 Å². The van der Waals surface area contributed by atoms with Crippen molar-refractivity contribution < 1.29 is 4.39 Å². The van der Waals surface area contributed by atoms with Crippen LogP contribution in [0.1, 0.15) is 49.9 Å². The first-order valence-electron chi connectivity index (χ1n) is 8.14. The molecule has 0 saturated heterocycles. The van der Waals surface area contributed by atoms with Crippen LogP contribution in [0.4, 0.5) is 4.39 Å². The van der Waals surface area contributed by atoms with E-state index in [9.17, 15) is 4.39 Å². The minimum atomic E-state index is -0.181. The summed E-state index contributed by atoms with van der Waals surface area (Å²) in [6.07, 6.45) is 6.85. The topological polar surface area (TPSA) is 42.7 Å². The second-order valence-electron chi connectivity index (χ2n) is 5.98. The van der Waals surface area contributed by atoms with E-state index in [1.165, 1.54) is 25.7 Å². The Morgan fingerprint density at radius 3 is 2.64 bits per heavy atom. The average Bonchev–Trinajstić information content (AvgIpc) is 3.21. The summed E-state index contributed by atoms with van der Waals surface area (Å²) in [4.78, 5) is 1.69. The van der Waals surface area contributed by atoms with Gasteiger partial charge in [-0.2, -0.15) is 15.0 Å². The maximum Gasteiger partial charge on any atom is 0.123 e. The van der Waals surface area contributed by atoms with Crippen molar-refractivity contribution in [2.45, 2.75) is 51.7 Å². The molecule has 1 atom stereocenters. The first kappa shape index (κ1) is 15.2. The fourth-order valence-electron chi connectivity index (χ4n) is 3.30. The number of benzene rings is 1. The van der Waals surface area contributed by atoms with Gasteiger partial charge < -0.3 is 5.32 Å². The zero-order chi connectivity index (χ0) is 15.4. The first-order valence-corrected chi connectivity index (χ1v) is 8.14. The molecule has 2 aromatic rings. The van der Waals surface area contributed by atoms with E-state index in [-0.39, 0.29) is 11.9 Å². The monoisotopic (exact) mass is 302 g/mol. The molecule has 1 aromatic heterocycles. The van der Waals surface area contributed by atoms with E-state index in [0.717, 1.165) is 17.8 Å². The predicted molar refractivity (Wildman–Crippen MR) is 83.6 cm³/mol. The van der Waals surface area contributed by atoms with E-state index in [1.54, 1.807) is 16.9 Å². The zero-order valence-corrected chi connectivity index (χ0v) is 13.0. The van der Waals surface area contributed by atoms with Gasteiger partial charge >= 0.3 is 0 Å². The largest absolute Gasteiger partial charge is 0.304 e. The summed E-state index contributed by atoms with van der Waals surface area (Å²) in [5.74, 6) is 0.437. The lowest BCUT2D eigenvalue weighted by Gasteiger charge is -2.25. The molecule has 1 aliphatic rings. The molecule has 1 N–H and O–H groups in total. The summed E-state index contributed by atoms with van der Waals surface area (Å²) in [5, 5.41) is 12.2. The van der Waals surface area contributed by atoms with E-state index in [4.69, 9.17) is 0 Å². The molecule has 22 heavy (non-hydrogen) atoms. The third kappa shape index (κ3) is 3.53. The van der Waals surface area contributed by atoms with Crippen molar-refractivity contribution in [3.05, 3.63) is 47.5 Å². The third-order valence-corrected chi connectivity index (χ3v) is 4.47. The Morgan fingerprint density at radius 1 is 1.27 bits per heavy atom. The van der Waals surface area contributed by atoms with Crippen molar-refractivity contribution in [1.29, 1.82) is 0 Å². The molecule has 1 unspecified atom stereocenters. The van der Waals surface area contributed by atoms with E-state index in [2.05, 4.69) is 15.5 Å². The minimum absolute atomic E-state index is 0.181. The lowest BCUT2D eigenvalue weighted by molar-refractivity contribution is 0.363. The van der Waals surface area contributed by atoms with Crippen LogP contribution in [0.15, 0.2) is 30.5 Å². The SMILES string of the molecule is CCn1ncc(CNC(c2ccc(F)cc2)C2CCCC2)n1. The zero-order valence-electron chi connectivity index (χ0n) is 13.0. The fourth-order valence-corrected chi connectivity index (χ4v) is 3.30. The molecule has 4 nitrogen and oxygen atoms in total. The number of nitrogens with zero attached hydrogens (tertiary/aromatic N) is 3. The highest BCUT2D eigenvalue weighted by Gasteiger charge is 2.26. The van der Waals surface area contributed by atoms with Crippen molar-refractivity contribution >= 4 is 0 Å². The van der Waals surface area contributed by atoms with E-state index in [0.29, 0.717) is 12.5 Å². The third-order valence-electron chi connectivity index (χ3n) is 4.47. The number of aromatic nitrogens is 3. The summed E-state index contributed by atoms with van der Waals surface area (Å²) in [6, 6.07) is 7.15. The number of halogens is 1. The smallest absolute Gasteiger partial charge is 0.123 e. The van der Waals surface area contributed by atoms with Crippen molar-refractivity contribution in [1.82, 2.24) is 20.3 Å². The second-order valence-corrected chi connectivity index (χ2v) is 5.98. The summed E-state index contributed by atoms with van der Waals surface area (Å²) >= 11 is 0. The maximum absolute atomic E-state index is 13.2. The van der Waals surface area contributed by atoms with Crippen LogP contribution in [0.3, 0.4) is 0 Å². The highest BCUT2D eigenvalue weighted by molar-refractivity contribution is 5.21. The van der Waals surface area contributed by atoms with Crippen molar-refractivity contribution in [3.63, 3.8) is 0 Å². The highest BCUT2D eigenvalue weighted by Crippen LogP contribution is 2.35. The molecule has 1 fully saturated rings. The molecule has 118 valence electrons. The molecule has 0 spiro atoms. The number of hydrogen-bond acceptors (Lipinski definition) is 3. The van der Waals surface area contributed by atoms with Crippen LogP contribution in [-0.4, -0.2) is 15.0 Å². The average molecular weight is 302 g/mol. The number of rotatable bonds is 6. The molecule has 0 amide bonds. The molecule has 3 rings (SSSR count). The van der Waals surface area contributed by atoms with Gasteiger partial charge in [0, 0.05) is 12.6 Å². The molecule has 1 aromatic carbocycles. The molecular formula is C17H23FN4. The van der Waals surface area contributed by atoms with Crippen molar-refractivity contribution in [2.24, 2.45) is 5.92 Å². The van der Waals surface area contributed by atoms with Gasteiger partial charge in [0.1, 0.15) is 5.82 Å². The summed E-state index contributed by atoms with van der Waals surface area (Å²) in [5.41, 5.74) is 2.11. The Morgan fingerprint density at radius 2 is 2.00 bits per heavy atom. The van der Waals surface area contributed by atoms with Crippen LogP contribution in [-0.2, 0) is 13.1 Å². The molecule has 0 aliphatic heterocycles. The molecular weight excluding hydrogens is 279 g/mol. The van der Waals surface area contributed by atoms with Crippen LogP contribution in [0.25, 0.3) is 0 Å². The van der Waals surface area contributed by atoms with E-state index < -0.39 is 0 Å². The maximum atomic E-state index is 13.2. The number of aryl methyl sites for hydroxylation is 1. The second kappa shape index (κ2) is 7.01. The Bertz CT molecular complexity index is 587. The Hall–Kier alpha value is -1.75. The Labute approximate surface area is 130 Å². The van der Waals surface area contributed by atoms with E-state index >= 15 is 0 Å². The standard InChI is InChI=1S/C17H23FN4/c1-2-22-20-12-16(21-22)11-19-17(13-5-3-4-6-13)14-7-9-15(18)10-8-14/h7-10,12-13,17,19H,2-6,11H2,1H3. The van der Waals surface area contributed by atoms with Gasteiger partial charge in [0.15, 0.2) is 0 Å². The molecule has 1 heterocycles. The highest BCUT2D eigenvalue weighted by atomic mass is 19.1. The summed E-state index contributed by atoms with van der Waals surface area (Å²) in [7, 11) is 0. The van der Waals surface area contributed by atoms with Crippen LogP contribution in [0.2, 0.25) is 0 Å². The Balaban J connectivity index is 1.71. The molecule has 1 aliphatic carbocycles. The fraction of sp³-hybridized carbons (Fsp3) is 0.529. The molecule has 1 saturated carbocycles. The quantitative estimate of drug-likeness (QED) is 0.888. The summed E-state index contributed by atoms with van der Waals surface area (Å²) < 4.78 is 13.2. The molecule has 0 radical (unpaired) electrons. The van der Waals surface area contributed by atoms with E-state index in [1.807, 2.05) is 25.3 Å². The number of hydrogen-bond donors (Lipinski definition) is 1. The van der Waals surface area contributed by atoms with Gasteiger partial charge in [-0.1, -0.05) is 25.0 Å². The summed E-state index contributed by atoms with van der Waals surface area (Å²) in [6.45, 7) is 3.50. The minimum Gasteiger partial charge on any atom is -0.304 e. The first-order chi connectivity index (χ1) is 10.8. The van der Waals surface area contributed by atoms with Gasteiger partial charge in [-0.25, -0.2) is 4.39 Å². The van der Waals surface area contributed by atoms with Gasteiger partial charge in [-0.3, -0.25) is 0 Å². The lowest BCUT2D eigenvalue weighted by Crippen LogP contribution is -2.27. The molecule has 5 heteroatoms. The van der Waals surface area contributed by atoms with Gasteiger partial charge in [-0.15, -0.1) is 0 Å². The lowest BCUT2D eigenvalue weighted by atomic mass is 9.91. The van der Waals surface area contributed by atoms with Crippen LogP contribution in [0.5, 0.6) is 0 Å². The Kier molecular flexibility index (Phi) is 4.83. The van der Waals surface area contributed by atoms with Crippen LogP contribution >= 0.6 is 0 Å². The molecule has 0 bridgehead atoms. The predicted octanol–water partition coefficient (Wildman–Crippen LogP) is 3.46. The van der Waals surface area contributed by atoms with Gasteiger partial charge in [0.05, 0.1) is 18.4 Å². The van der Waals surface area contributed by atoms with Gasteiger partial charge in [0.25, 0.3) is 0 Å². The normalized spacial score (nSPS) is 17.0. The number of nitrogens with one attached hydrogen (secondary N) is 1. The van der Waals surface area contributed by atoms with Gasteiger partial charge in [0.2, 0.25) is 0 Å². The van der Waals surface area contributed by atoms with Crippen molar-refractivity contribution in [3.8, 4) is 0 Å². The van der Waals surface area contributed by atoms with Crippen molar-refractivity contribution in [2.75, 3.05) is 0 Å². The van der Waals surface area contributed by atoms with Crippen LogP contribution < -0.4 is 5.32 Å².